The Morgan fingerprint density at radius 2 is 1.82 bits per heavy atom. The highest BCUT2D eigenvalue weighted by Crippen LogP contribution is 2.18. The number of nitrogens with one attached hydrogen (secondary N) is 1. The van der Waals surface area contributed by atoms with Gasteiger partial charge in [0.2, 0.25) is 10.0 Å². The molecule has 2 aromatic heterocycles. The van der Waals surface area contributed by atoms with Crippen molar-refractivity contribution in [3.8, 4) is 0 Å². The number of rotatable bonds is 8. The first-order valence-corrected chi connectivity index (χ1v) is 13.4. The van der Waals surface area contributed by atoms with E-state index in [-0.39, 0.29) is 41.4 Å². The van der Waals surface area contributed by atoms with Crippen molar-refractivity contribution in [3.63, 3.8) is 0 Å². The summed E-state index contributed by atoms with van der Waals surface area (Å²) in [5.41, 5.74) is 0.690. The maximum absolute atomic E-state index is 14.0. The maximum atomic E-state index is 14.0. The van der Waals surface area contributed by atoms with Crippen LogP contribution in [0, 0.1) is 5.82 Å². The third-order valence-electron chi connectivity index (χ3n) is 6.25. The van der Waals surface area contributed by atoms with E-state index >= 15 is 0 Å². The van der Waals surface area contributed by atoms with Gasteiger partial charge in [-0.25, -0.2) is 22.5 Å². The molecule has 13 heteroatoms. The predicted octanol–water partition coefficient (Wildman–Crippen LogP) is 1.23. The van der Waals surface area contributed by atoms with Crippen molar-refractivity contribution in [2.75, 3.05) is 32.8 Å². The third-order valence-corrected chi connectivity index (χ3v) is 8.17. The predicted molar refractivity (Wildman–Crippen MR) is 136 cm³/mol. The molecule has 1 aliphatic heterocycles. The number of aromatic nitrogens is 4. The van der Waals surface area contributed by atoms with Gasteiger partial charge in [-0.1, -0.05) is 18.2 Å². The number of benzene rings is 2. The standard InChI is InChI=1S/C25H25FN6O5S/c26-22-4-2-1-3-19(22)16-30-17-28-23-21(25(30)34)15-29-32(23)10-9-27-24(33)18-5-7-20(8-6-18)38(35,36)31-11-13-37-14-12-31/h1-8,15,17H,9-14,16H2,(H,27,33). The Hall–Kier alpha value is -3.94. The lowest BCUT2D eigenvalue weighted by Crippen LogP contribution is -2.40. The summed E-state index contributed by atoms with van der Waals surface area (Å²) < 4.78 is 48.9. The van der Waals surface area contributed by atoms with Gasteiger partial charge in [-0.15, -0.1) is 0 Å². The fraction of sp³-hybridized carbons (Fsp3) is 0.280. The van der Waals surface area contributed by atoms with Crippen molar-refractivity contribution in [1.29, 1.82) is 0 Å². The van der Waals surface area contributed by atoms with Gasteiger partial charge in [-0.05, 0) is 30.3 Å². The maximum Gasteiger partial charge on any atom is 0.264 e. The van der Waals surface area contributed by atoms with Gasteiger partial charge in [-0.2, -0.15) is 9.40 Å². The molecule has 1 saturated heterocycles. The van der Waals surface area contributed by atoms with Gasteiger partial charge in [0.25, 0.3) is 11.5 Å². The van der Waals surface area contributed by atoms with Crippen LogP contribution in [0.4, 0.5) is 4.39 Å². The average molecular weight is 541 g/mol. The van der Waals surface area contributed by atoms with Crippen molar-refractivity contribution < 1.29 is 22.3 Å². The molecule has 11 nitrogen and oxygen atoms in total. The molecule has 1 aliphatic rings. The number of amides is 1. The molecule has 2 aromatic carbocycles. The fourth-order valence-corrected chi connectivity index (χ4v) is 5.58. The molecule has 1 amide bonds. The van der Waals surface area contributed by atoms with Crippen molar-refractivity contribution in [3.05, 3.63) is 88.4 Å². The minimum Gasteiger partial charge on any atom is -0.379 e. The van der Waals surface area contributed by atoms with E-state index in [0.717, 1.165) is 0 Å². The molecule has 0 spiro atoms. The second-order valence-electron chi connectivity index (χ2n) is 8.67. The Morgan fingerprint density at radius 1 is 1.08 bits per heavy atom. The molecule has 0 bridgehead atoms. The van der Waals surface area contributed by atoms with Gasteiger partial charge in [0.15, 0.2) is 5.65 Å². The second kappa shape index (κ2) is 10.8. The quantitative estimate of drug-likeness (QED) is 0.356. The van der Waals surface area contributed by atoms with Crippen LogP contribution in [0.5, 0.6) is 0 Å². The number of hydrogen-bond acceptors (Lipinski definition) is 7. The number of carbonyl (C=O) groups is 1. The van der Waals surface area contributed by atoms with Crippen molar-refractivity contribution in [1.82, 2.24) is 29.0 Å². The second-order valence-corrected chi connectivity index (χ2v) is 10.6. The highest BCUT2D eigenvalue weighted by atomic mass is 32.2. The molecule has 198 valence electrons. The Morgan fingerprint density at radius 3 is 2.55 bits per heavy atom. The first kappa shape index (κ1) is 25.7. The third kappa shape index (κ3) is 5.21. The van der Waals surface area contributed by atoms with Crippen LogP contribution >= 0.6 is 0 Å². The van der Waals surface area contributed by atoms with Crippen LogP contribution in [-0.4, -0.2) is 70.8 Å². The largest absolute Gasteiger partial charge is 0.379 e. The Labute approximate surface area is 217 Å². The van der Waals surface area contributed by atoms with Crippen molar-refractivity contribution in [2.45, 2.75) is 18.0 Å². The van der Waals surface area contributed by atoms with Gasteiger partial charge < -0.3 is 10.1 Å². The molecule has 1 fully saturated rings. The van der Waals surface area contributed by atoms with Crippen molar-refractivity contribution >= 4 is 27.0 Å². The highest BCUT2D eigenvalue weighted by Gasteiger charge is 2.26. The summed E-state index contributed by atoms with van der Waals surface area (Å²) in [7, 11) is -3.64. The molecule has 0 unspecified atom stereocenters. The number of morpholine rings is 1. The molecular formula is C25H25FN6O5S. The summed E-state index contributed by atoms with van der Waals surface area (Å²) in [6, 6.07) is 12.0. The Kier molecular flexibility index (Phi) is 7.31. The van der Waals surface area contributed by atoms with Crippen LogP contribution in [-0.2, 0) is 27.8 Å². The number of halogens is 1. The van der Waals surface area contributed by atoms with Gasteiger partial charge >= 0.3 is 0 Å². The smallest absolute Gasteiger partial charge is 0.264 e. The first-order chi connectivity index (χ1) is 18.3. The summed E-state index contributed by atoms with van der Waals surface area (Å²) in [5.74, 6) is -0.781. The molecule has 5 rings (SSSR count). The lowest BCUT2D eigenvalue weighted by molar-refractivity contribution is 0.0730. The molecule has 0 aliphatic carbocycles. The molecule has 3 heterocycles. The first-order valence-electron chi connectivity index (χ1n) is 11.9. The minimum atomic E-state index is -3.64. The van der Waals surface area contributed by atoms with Gasteiger partial charge in [0.1, 0.15) is 17.5 Å². The van der Waals surface area contributed by atoms with Gasteiger partial charge in [0, 0.05) is 30.8 Å². The lowest BCUT2D eigenvalue weighted by Gasteiger charge is -2.26. The minimum absolute atomic E-state index is 0.0439. The number of fused-ring (bicyclic) bond motifs is 1. The molecule has 1 N–H and O–H groups in total. The van der Waals surface area contributed by atoms with Gasteiger partial charge in [-0.3, -0.25) is 14.2 Å². The fourth-order valence-electron chi connectivity index (χ4n) is 4.18. The number of hydrogen-bond donors (Lipinski definition) is 1. The Bertz CT molecular complexity index is 1630. The highest BCUT2D eigenvalue weighted by molar-refractivity contribution is 7.89. The van der Waals surface area contributed by atoms with E-state index in [1.807, 2.05) is 0 Å². The van der Waals surface area contributed by atoms with E-state index in [4.69, 9.17) is 4.74 Å². The van der Waals surface area contributed by atoms with Crippen LogP contribution in [0.1, 0.15) is 15.9 Å². The SMILES string of the molecule is O=C(NCCn1ncc2c(=O)n(Cc3ccccc3F)cnc21)c1ccc(S(=O)(=O)N2CCOCC2)cc1. The zero-order valence-corrected chi connectivity index (χ0v) is 21.1. The zero-order chi connectivity index (χ0) is 26.7. The summed E-state index contributed by atoms with van der Waals surface area (Å²) in [6.07, 6.45) is 2.75. The number of ether oxygens (including phenoxy) is 1. The summed E-state index contributed by atoms with van der Waals surface area (Å²) in [6.45, 7) is 1.78. The molecule has 0 atom stereocenters. The monoisotopic (exact) mass is 540 g/mol. The molecule has 0 saturated carbocycles. The van der Waals surface area contributed by atoms with E-state index in [2.05, 4.69) is 15.4 Å². The van der Waals surface area contributed by atoms with Crippen molar-refractivity contribution in [2.24, 2.45) is 0 Å². The zero-order valence-electron chi connectivity index (χ0n) is 20.3. The number of sulfonamides is 1. The van der Waals surface area contributed by atoms with Crippen LogP contribution in [0.2, 0.25) is 0 Å². The van der Waals surface area contributed by atoms with Crippen LogP contribution in [0.15, 0.2) is 70.7 Å². The average Bonchev–Trinajstić information content (AvgIpc) is 3.35. The van der Waals surface area contributed by atoms with Gasteiger partial charge in [0.05, 0.1) is 37.4 Å². The summed E-state index contributed by atoms with van der Waals surface area (Å²) in [5, 5.41) is 7.25. The topological polar surface area (TPSA) is 128 Å². The molecule has 38 heavy (non-hydrogen) atoms. The molecular weight excluding hydrogens is 515 g/mol. The van der Waals surface area contributed by atoms with E-state index in [9.17, 15) is 22.4 Å². The normalized spacial score (nSPS) is 14.6. The molecule has 0 radical (unpaired) electrons. The van der Waals surface area contributed by atoms with E-state index < -0.39 is 15.8 Å². The van der Waals surface area contributed by atoms with E-state index in [1.165, 1.54) is 56.4 Å². The summed E-state index contributed by atoms with van der Waals surface area (Å²) in [4.78, 5) is 29.9. The van der Waals surface area contributed by atoms with Crippen LogP contribution in [0.3, 0.4) is 0 Å². The number of carbonyl (C=O) groups excluding carboxylic acids is 1. The summed E-state index contributed by atoms with van der Waals surface area (Å²) >= 11 is 0. The van der Waals surface area contributed by atoms with Crippen LogP contribution in [0.25, 0.3) is 11.0 Å². The van der Waals surface area contributed by atoms with E-state index in [1.54, 1.807) is 18.2 Å². The van der Waals surface area contributed by atoms with E-state index in [0.29, 0.717) is 43.1 Å². The molecule has 4 aromatic rings. The Balaban J connectivity index is 1.21. The number of nitrogens with zero attached hydrogens (tertiary/aromatic N) is 5. The van der Waals surface area contributed by atoms with Crippen LogP contribution < -0.4 is 10.9 Å². The lowest BCUT2D eigenvalue weighted by atomic mass is 10.2.